The molecule has 0 fully saturated rings. The van der Waals surface area contributed by atoms with Crippen LogP contribution in [-0.2, 0) is 14.3 Å². The van der Waals surface area contributed by atoms with Crippen molar-refractivity contribution in [2.45, 2.75) is 19.8 Å². The average molecular weight is 275 g/mol. The van der Waals surface area contributed by atoms with Gasteiger partial charge in [0.25, 0.3) is 0 Å². The molecule has 0 amide bonds. The van der Waals surface area contributed by atoms with Crippen LogP contribution in [0.15, 0.2) is 30.5 Å². The normalized spacial score (nSPS) is 12.2. The fourth-order valence-electron chi connectivity index (χ4n) is 2.19. The number of aromatic nitrogens is 1. The molecular formula is C15H17NO4. The van der Waals surface area contributed by atoms with Crippen molar-refractivity contribution in [3.05, 3.63) is 36.0 Å². The van der Waals surface area contributed by atoms with Crippen LogP contribution >= 0.6 is 0 Å². The fraction of sp³-hybridized carbons (Fsp3) is 0.333. The zero-order chi connectivity index (χ0) is 14.7. The molecule has 5 heteroatoms. The Morgan fingerprint density at radius 2 is 2.00 bits per heavy atom. The highest BCUT2D eigenvalue weighted by atomic mass is 16.5. The SMILES string of the molecule is CCOC(=O)C(C)c1cn(C(=O)OC)c2ccccc12. The Hall–Kier alpha value is -2.30. The lowest BCUT2D eigenvalue weighted by atomic mass is 10.0. The van der Waals surface area contributed by atoms with E-state index in [9.17, 15) is 9.59 Å². The summed E-state index contributed by atoms with van der Waals surface area (Å²) in [4.78, 5) is 23.7. The molecule has 20 heavy (non-hydrogen) atoms. The Kier molecular flexibility index (Phi) is 4.08. The monoisotopic (exact) mass is 275 g/mol. The highest BCUT2D eigenvalue weighted by molar-refractivity contribution is 5.95. The van der Waals surface area contributed by atoms with Crippen LogP contribution in [-0.4, -0.2) is 30.3 Å². The van der Waals surface area contributed by atoms with Crippen LogP contribution in [0.1, 0.15) is 25.3 Å². The quantitative estimate of drug-likeness (QED) is 0.808. The minimum absolute atomic E-state index is 0.305. The van der Waals surface area contributed by atoms with E-state index in [1.807, 2.05) is 24.3 Å². The van der Waals surface area contributed by atoms with Crippen LogP contribution in [0.3, 0.4) is 0 Å². The van der Waals surface area contributed by atoms with Gasteiger partial charge in [-0.15, -0.1) is 0 Å². The van der Waals surface area contributed by atoms with Crippen molar-refractivity contribution < 1.29 is 19.1 Å². The lowest BCUT2D eigenvalue weighted by Crippen LogP contribution is -2.13. The van der Waals surface area contributed by atoms with Gasteiger partial charge in [0.15, 0.2) is 0 Å². The van der Waals surface area contributed by atoms with Gasteiger partial charge in [-0.2, -0.15) is 0 Å². The standard InChI is InChI=1S/C15H17NO4/c1-4-20-14(17)10(2)12-9-16(15(18)19-3)13-8-6-5-7-11(12)13/h5-10H,4H2,1-3H3. The molecule has 0 aliphatic rings. The van der Waals surface area contributed by atoms with Crippen LogP contribution in [0.25, 0.3) is 10.9 Å². The Morgan fingerprint density at radius 1 is 1.30 bits per heavy atom. The maximum atomic E-state index is 11.9. The van der Waals surface area contributed by atoms with E-state index in [0.717, 1.165) is 10.9 Å². The number of benzene rings is 1. The first-order valence-electron chi connectivity index (χ1n) is 6.45. The van der Waals surface area contributed by atoms with Crippen molar-refractivity contribution in [2.75, 3.05) is 13.7 Å². The highest BCUT2D eigenvalue weighted by Crippen LogP contribution is 2.28. The smallest absolute Gasteiger partial charge is 0.418 e. The van der Waals surface area contributed by atoms with Crippen molar-refractivity contribution in [2.24, 2.45) is 0 Å². The van der Waals surface area contributed by atoms with E-state index in [1.165, 1.54) is 11.7 Å². The van der Waals surface area contributed by atoms with Gasteiger partial charge in [0, 0.05) is 11.6 Å². The number of hydrogen-bond acceptors (Lipinski definition) is 4. The molecule has 106 valence electrons. The Labute approximate surface area is 117 Å². The van der Waals surface area contributed by atoms with Crippen molar-refractivity contribution >= 4 is 23.0 Å². The van der Waals surface area contributed by atoms with Gasteiger partial charge in [-0.25, -0.2) is 4.79 Å². The van der Waals surface area contributed by atoms with Gasteiger partial charge in [-0.1, -0.05) is 18.2 Å². The molecule has 2 aromatic rings. The van der Waals surface area contributed by atoms with Gasteiger partial charge >= 0.3 is 12.1 Å². The molecule has 1 atom stereocenters. The second-order valence-electron chi connectivity index (χ2n) is 4.42. The van der Waals surface area contributed by atoms with Gasteiger partial charge in [-0.3, -0.25) is 9.36 Å². The van der Waals surface area contributed by atoms with E-state index in [2.05, 4.69) is 0 Å². The van der Waals surface area contributed by atoms with E-state index < -0.39 is 12.0 Å². The van der Waals surface area contributed by atoms with E-state index >= 15 is 0 Å². The van der Waals surface area contributed by atoms with E-state index in [-0.39, 0.29) is 5.97 Å². The Morgan fingerprint density at radius 3 is 2.65 bits per heavy atom. The van der Waals surface area contributed by atoms with Crippen molar-refractivity contribution in [3.8, 4) is 0 Å². The number of carbonyl (C=O) groups is 2. The fourth-order valence-corrected chi connectivity index (χ4v) is 2.19. The molecule has 0 aliphatic heterocycles. The number of ether oxygens (including phenoxy) is 2. The first-order chi connectivity index (χ1) is 9.60. The molecule has 0 aliphatic carbocycles. The van der Waals surface area contributed by atoms with E-state index in [4.69, 9.17) is 9.47 Å². The number of rotatable bonds is 3. The summed E-state index contributed by atoms with van der Waals surface area (Å²) >= 11 is 0. The maximum absolute atomic E-state index is 11.9. The number of carbonyl (C=O) groups excluding carboxylic acids is 2. The molecule has 0 spiro atoms. The minimum Gasteiger partial charge on any atom is -0.466 e. The van der Waals surface area contributed by atoms with Crippen LogP contribution in [0, 0.1) is 0 Å². The zero-order valence-electron chi connectivity index (χ0n) is 11.8. The first-order valence-corrected chi connectivity index (χ1v) is 6.45. The molecule has 1 heterocycles. The first kappa shape index (κ1) is 14.1. The average Bonchev–Trinajstić information content (AvgIpc) is 2.85. The summed E-state index contributed by atoms with van der Waals surface area (Å²) in [5.74, 6) is -0.744. The van der Waals surface area contributed by atoms with Gasteiger partial charge in [0.1, 0.15) is 0 Å². The largest absolute Gasteiger partial charge is 0.466 e. The highest BCUT2D eigenvalue weighted by Gasteiger charge is 2.23. The molecule has 1 unspecified atom stereocenters. The molecule has 5 nitrogen and oxygen atoms in total. The topological polar surface area (TPSA) is 57.5 Å². The number of esters is 1. The Bertz CT molecular complexity index is 644. The zero-order valence-corrected chi connectivity index (χ0v) is 11.8. The maximum Gasteiger partial charge on any atom is 0.418 e. The van der Waals surface area contributed by atoms with Gasteiger partial charge in [0.2, 0.25) is 0 Å². The van der Waals surface area contributed by atoms with Crippen LogP contribution in [0.2, 0.25) is 0 Å². The molecule has 1 aromatic carbocycles. The number of fused-ring (bicyclic) bond motifs is 1. The van der Waals surface area contributed by atoms with Crippen molar-refractivity contribution in [1.82, 2.24) is 4.57 Å². The van der Waals surface area contributed by atoms with Gasteiger partial charge in [-0.05, 0) is 25.5 Å². The third-order valence-corrected chi connectivity index (χ3v) is 3.22. The third-order valence-electron chi connectivity index (χ3n) is 3.22. The van der Waals surface area contributed by atoms with Gasteiger partial charge < -0.3 is 9.47 Å². The summed E-state index contributed by atoms with van der Waals surface area (Å²) in [5.41, 5.74) is 1.47. The molecule has 1 aromatic heterocycles. The summed E-state index contributed by atoms with van der Waals surface area (Å²) in [7, 11) is 1.32. The second kappa shape index (κ2) is 5.77. The molecule has 0 saturated heterocycles. The van der Waals surface area contributed by atoms with E-state index in [1.54, 1.807) is 20.0 Å². The number of para-hydroxylation sites is 1. The van der Waals surface area contributed by atoms with Crippen LogP contribution < -0.4 is 0 Å². The molecular weight excluding hydrogens is 258 g/mol. The second-order valence-corrected chi connectivity index (χ2v) is 4.42. The number of nitrogens with zero attached hydrogens (tertiary/aromatic N) is 1. The lowest BCUT2D eigenvalue weighted by Gasteiger charge is -2.09. The van der Waals surface area contributed by atoms with E-state index in [0.29, 0.717) is 12.1 Å². The van der Waals surface area contributed by atoms with Gasteiger partial charge in [0.05, 0.1) is 25.2 Å². The van der Waals surface area contributed by atoms with Crippen molar-refractivity contribution in [3.63, 3.8) is 0 Å². The predicted octanol–water partition coefficient (Wildman–Crippen LogP) is 2.92. The van der Waals surface area contributed by atoms with Crippen LogP contribution in [0.4, 0.5) is 4.79 Å². The number of methoxy groups -OCH3 is 1. The third kappa shape index (κ3) is 2.39. The summed E-state index contributed by atoms with van der Waals surface area (Å²) in [5, 5.41) is 0.846. The number of hydrogen-bond donors (Lipinski definition) is 0. The predicted molar refractivity (Wildman–Crippen MR) is 74.8 cm³/mol. The lowest BCUT2D eigenvalue weighted by molar-refractivity contribution is -0.144. The minimum atomic E-state index is -0.483. The molecule has 0 saturated carbocycles. The summed E-state index contributed by atoms with van der Waals surface area (Å²) in [6, 6.07) is 7.39. The molecule has 0 radical (unpaired) electrons. The molecule has 2 rings (SSSR count). The molecule has 0 bridgehead atoms. The molecule has 0 N–H and O–H groups in total. The summed E-state index contributed by atoms with van der Waals surface area (Å²) in [6.07, 6.45) is 1.15. The summed E-state index contributed by atoms with van der Waals surface area (Å²) in [6.45, 7) is 3.86. The summed E-state index contributed by atoms with van der Waals surface area (Å²) < 4.78 is 11.2. The Balaban J connectivity index is 2.54. The van der Waals surface area contributed by atoms with Crippen LogP contribution in [0.5, 0.6) is 0 Å². The van der Waals surface area contributed by atoms with Crippen molar-refractivity contribution in [1.29, 1.82) is 0 Å².